The van der Waals surface area contributed by atoms with Crippen LogP contribution in [0.4, 0.5) is 0 Å². The van der Waals surface area contributed by atoms with Crippen LogP contribution in [0.3, 0.4) is 0 Å². The second kappa shape index (κ2) is 4.00. The van der Waals surface area contributed by atoms with Gasteiger partial charge in [-0.2, -0.15) is 0 Å². The van der Waals surface area contributed by atoms with Gasteiger partial charge in [0.15, 0.2) is 11.5 Å². The molecule has 0 unspecified atom stereocenters. The molecule has 0 saturated heterocycles. The number of methoxy groups -OCH3 is 1. The van der Waals surface area contributed by atoms with E-state index >= 15 is 0 Å². The fraction of sp³-hybridized carbons (Fsp3) is 0.400. The Morgan fingerprint density at radius 1 is 1.08 bits per heavy atom. The topological polar surface area (TPSA) is 18.5 Å². The summed E-state index contributed by atoms with van der Waals surface area (Å²) in [6.45, 7) is 3.98. The molecule has 2 heteroatoms. The van der Waals surface area contributed by atoms with Crippen molar-refractivity contribution in [2.45, 2.75) is 20.0 Å². The Bertz CT molecular complexity index is 243. The van der Waals surface area contributed by atoms with E-state index in [9.17, 15) is 0 Å². The van der Waals surface area contributed by atoms with Crippen LogP contribution in [0, 0.1) is 0 Å². The number of ether oxygens (including phenoxy) is 2. The Balaban J connectivity index is 2.82. The minimum Gasteiger partial charge on any atom is -0.493 e. The van der Waals surface area contributed by atoms with E-state index < -0.39 is 0 Å². The number of para-hydroxylation sites is 2. The van der Waals surface area contributed by atoms with E-state index in [4.69, 9.17) is 9.47 Å². The minimum atomic E-state index is 0.182. The van der Waals surface area contributed by atoms with Crippen molar-refractivity contribution in [2.24, 2.45) is 0 Å². The largest absolute Gasteiger partial charge is 0.493 e. The summed E-state index contributed by atoms with van der Waals surface area (Å²) in [5.74, 6) is 1.58. The van der Waals surface area contributed by atoms with Crippen LogP contribution in [-0.2, 0) is 0 Å². The molecule has 0 atom stereocenters. The van der Waals surface area contributed by atoms with Crippen molar-refractivity contribution in [1.82, 2.24) is 0 Å². The Labute approximate surface area is 73.1 Å². The second-order valence-corrected chi connectivity index (χ2v) is 2.82. The quantitative estimate of drug-likeness (QED) is 0.686. The van der Waals surface area contributed by atoms with Gasteiger partial charge in [0.05, 0.1) is 13.2 Å². The first kappa shape index (κ1) is 8.91. The molecule has 12 heavy (non-hydrogen) atoms. The summed E-state index contributed by atoms with van der Waals surface area (Å²) in [5, 5.41) is 0. The van der Waals surface area contributed by atoms with Gasteiger partial charge in [0.2, 0.25) is 0 Å². The fourth-order valence-corrected chi connectivity index (χ4v) is 0.970. The molecular formula is C10H14O2. The van der Waals surface area contributed by atoms with Gasteiger partial charge in [0.25, 0.3) is 0 Å². The lowest BCUT2D eigenvalue weighted by Gasteiger charge is -2.12. The van der Waals surface area contributed by atoms with E-state index in [2.05, 4.69) is 0 Å². The molecule has 0 aromatic heterocycles. The van der Waals surface area contributed by atoms with E-state index in [1.807, 2.05) is 38.1 Å². The molecule has 0 fully saturated rings. The second-order valence-electron chi connectivity index (χ2n) is 2.82. The summed E-state index contributed by atoms with van der Waals surface area (Å²) in [7, 11) is 1.64. The lowest BCUT2D eigenvalue weighted by molar-refractivity contribution is 0.230. The van der Waals surface area contributed by atoms with Gasteiger partial charge in [0, 0.05) is 0 Å². The zero-order chi connectivity index (χ0) is 8.97. The highest BCUT2D eigenvalue weighted by Gasteiger charge is 2.03. The molecule has 0 N–H and O–H groups in total. The van der Waals surface area contributed by atoms with E-state index in [1.54, 1.807) is 7.11 Å². The van der Waals surface area contributed by atoms with Crippen molar-refractivity contribution < 1.29 is 9.47 Å². The normalized spacial score (nSPS) is 10.0. The standard InChI is InChI=1S/C10H14O2/c1-8(2)12-10-7-5-4-6-9(10)11-3/h4-8H,1-3H3. The molecule has 0 bridgehead atoms. The number of hydrogen-bond acceptors (Lipinski definition) is 2. The predicted octanol–water partition coefficient (Wildman–Crippen LogP) is 2.48. The van der Waals surface area contributed by atoms with Crippen molar-refractivity contribution in [3.63, 3.8) is 0 Å². The van der Waals surface area contributed by atoms with Crippen LogP contribution < -0.4 is 9.47 Å². The molecule has 1 aromatic carbocycles. The smallest absolute Gasteiger partial charge is 0.161 e. The Kier molecular flexibility index (Phi) is 2.97. The third-order valence-corrected chi connectivity index (χ3v) is 1.43. The summed E-state index contributed by atoms with van der Waals surface area (Å²) in [6.07, 6.45) is 0.182. The summed E-state index contributed by atoms with van der Waals surface area (Å²) in [4.78, 5) is 0. The molecule has 0 spiro atoms. The van der Waals surface area contributed by atoms with Crippen molar-refractivity contribution in [1.29, 1.82) is 0 Å². The monoisotopic (exact) mass is 166 g/mol. The van der Waals surface area contributed by atoms with Crippen molar-refractivity contribution in [2.75, 3.05) is 7.11 Å². The molecule has 0 amide bonds. The van der Waals surface area contributed by atoms with Gasteiger partial charge < -0.3 is 9.47 Å². The van der Waals surface area contributed by atoms with Crippen LogP contribution in [0.15, 0.2) is 24.3 Å². The molecular weight excluding hydrogens is 152 g/mol. The highest BCUT2D eigenvalue weighted by atomic mass is 16.5. The number of benzene rings is 1. The first-order valence-corrected chi connectivity index (χ1v) is 4.03. The van der Waals surface area contributed by atoms with E-state index in [1.165, 1.54) is 0 Å². The summed E-state index contributed by atoms with van der Waals surface area (Å²) in [6, 6.07) is 7.64. The van der Waals surface area contributed by atoms with E-state index in [0.717, 1.165) is 11.5 Å². The lowest BCUT2D eigenvalue weighted by Crippen LogP contribution is -2.06. The van der Waals surface area contributed by atoms with Gasteiger partial charge in [-0.1, -0.05) is 12.1 Å². The first-order valence-electron chi connectivity index (χ1n) is 4.03. The zero-order valence-corrected chi connectivity index (χ0v) is 7.70. The Morgan fingerprint density at radius 2 is 1.67 bits per heavy atom. The molecule has 2 nitrogen and oxygen atoms in total. The van der Waals surface area contributed by atoms with E-state index in [-0.39, 0.29) is 6.10 Å². The molecule has 0 aliphatic heterocycles. The average molecular weight is 166 g/mol. The maximum Gasteiger partial charge on any atom is 0.161 e. The van der Waals surface area contributed by atoms with Gasteiger partial charge >= 0.3 is 0 Å². The third kappa shape index (κ3) is 2.16. The van der Waals surface area contributed by atoms with Crippen molar-refractivity contribution in [3.8, 4) is 11.5 Å². The van der Waals surface area contributed by atoms with Crippen LogP contribution in [0.1, 0.15) is 13.8 Å². The van der Waals surface area contributed by atoms with Gasteiger partial charge in [-0.25, -0.2) is 0 Å². The molecule has 1 rings (SSSR count). The SMILES string of the molecule is COc1ccccc1OC(C)C. The van der Waals surface area contributed by atoms with Crippen molar-refractivity contribution in [3.05, 3.63) is 24.3 Å². The van der Waals surface area contributed by atoms with Crippen LogP contribution in [0.5, 0.6) is 11.5 Å². The molecule has 0 saturated carbocycles. The van der Waals surface area contributed by atoms with E-state index in [0.29, 0.717) is 0 Å². The summed E-state index contributed by atoms with van der Waals surface area (Å²) in [5.41, 5.74) is 0. The molecule has 0 aliphatic rings. The summed E-state index contributed by atoms with van der Waals surface area (Å²) >= 11 is 0. The maximum atomic E-state index is 5.51. The maximum absolute atomic E-state index is 5.51. The van der Waals surface area contributed by atoms with Crippen LogP contribution in [-0.4, -0.2) is 13.2 Å². The van der Waals surface area contributed by atoms with Crippen LogP contribution in [0.25, 0.3) is 0 Å². The third-order valence-electron chi connectivity index (χ3n) is 1.43. The highest BCUT2D eigenvalue weighted by Crippen LogP contribution is 2.26. The fourth-order valence-electron chi connectivity index (χ4n) is 0.970. The zero-order valence-electron chi connectivity index (χ0n) is 7.70. The lowest BCUT2D eigenvalue weighted by atomic mass is 10.3. The van der Waals surface area contributed by atoms with Crippen LogP contribution in [0.2, 0.25) is 0 Å². The molecule has 1 aromatic rings. The Hall–Kier alpha value is -1.18. The predicted molar refractivity (Wildman–Crippen MR) is 48.8 cm³/mol. The molecule has 0 radical (unpaired) electrons. The molecule has 0 aliphatic carbocycles. The molecule has 66 valence electrons. The van der Waals surface area contributed by atoms with Gasteiger partial charge in [0.1, 0.15) is 0 Å². The number of rotatable bonds is 3. The molecule has 0 heterocycles. The van der Waals surface area contributed by atoms with Gasteiger partial charge in [-0.3, -0.25) is 0 Å². The highest BCUT2D eigenvalue weighted by molar-refractivity contribution is 5.39. The van der Waals surface area contributed by atoms with Crippen molar-refractivity contribution >= 4 is 0 Å². The average Bonchev–Trinajstić information content (AvgIpc) is 2.04. The first-order chi connectivity index (χ1) is 5.74. The Morgan fingerprint density at radius 3 is 2.17 bits per heavy atom. The summed E-state index contributed by atoms with van der Waals surface area (Å²) < 4.78 is 10.6. The number of hydrogen-bond donors (Lipinski definition) is 0. The van der Waals surface area contributed by atoms with Crippen LogP contribution >= 0.6 is 0 Å². The van der Waals surface area contributed by atoms with Gasteiger partial charge in [-0.05, 0) is 26.0 Å². The minimum absolute atomic E-state index is 0.182. The van der Waals surface area contributed by atoms with Gasteiger partial charge in [-0.15, -0.1) is 0 Å².